The number of carbonyl (C=O) groups excluding carboxylic acids is 2. The first-order valence-electron chi connectivity index (χ1n) is 8.65. The average molecular weight is 310 g/mol. The Kier molecular flexibility index (Phi) is 5.84. The Labute approximate surface area is 133 Å². The summed E-state index contributed by atoms with van der Waals surface area (Å²) < 4.78 is 5.78. The third-order valence-electron chi connectivity index (χ3n) is 5.17. The van der Waals surface area contributed by atoms with Crippen molar-refractivity contribution >= 4 is 11.8 Å². The molecule has 0 aromatic carbocycles. The van der Waals surface area contributed by atoms with Gasteiger partial charge in [-0.05, 0) is 38.5 Å². The molecule has 2 rings (SSSR count). The van der Waals surface area contributed by atoms with Crippen molar-refractivity contribution in [1.29, 1.82) is 0 Å². The van der Waals surface area contributed by atoms with Gasteiger partial charge in [-0.25, -0.2) is 0 Å². The molecule has 2 fully saturated rings. The molecule has 0 aromatic heterocycles. The molecule has 2 aliphatic carbocycles. The highest BCUT2D eigenvalue weighted by molar-refractivity contribution is 5.84. The van der Waals surface area contributed by atoms with E-state index in [1.165, 1.54) is 6.42 Å². The van der Waals surface area contributed by atoms with E-state index in [1.807, 2.05) is 6.92 Å². The maximum absolute atomic E-state index is 12.0. The first-order chi connectivity index (χ1) is 10.5. The Bertz CT molecular complexity index is 405. The van der Waals surface area contributed by atoms with Gasteiger partial charge in [0.2, 0.25) is 11.8 Å². The van der Waals surface area contributed by atoms with Crippen LogP contribution in [0.2, 0.25) is 0 Å². The topological polar surface area (TPSA) is 67.4 Å². The van der Waals surface area contributed by atoms with Crippen LogP contribution in [0.4, 0.5) is 0 Å². The van der Waals surface area contributed by atoms with Crippen LogP contribution in [0.3, 0.4) is 0 Å². The van der Waals surface area contributed by atoms with Crippen molar-refractivity contribution in [2.24, 2.45) is 11.3 Å². The number of carbonyl (C=O) groups is 2. The van der Waals surface area contributed by atoms with Crippen molar-refractivity contribution in [3.63, 3.8) is 0 Å². The van der Waals surface area contributed by atoms with E-state index in [0.29, 0.717) is 18.4 Å². The highest BCUT2D eigenvalue weighted by atomic mass is 16.5. The Balaban J connectivity index is 1.68. The number of hydrogen-bond donors (Lipinski definition) is 2. The van der Waals surface area contributed by atoms with Crippen molar-refractivity contribution < 1.29 is 14.3 Å². The van der Waals surface area contributed by atoms with Gasteiger partial charge in [-0.2, -0.15) is 0 Å². The fourth-order valence-electron chi connectivity index (χ4n) is 3.57. The lowest BCUT2D eigenvalue weighted by molar-refractivity contribution is -0.175. The third kappa shape index (κ3) is 3.80. The van der Waals surface area contributed by atoms with Crippen LogP contribution in [0.5, 0.6) is 0 Å². The standard InChI is InChI=1S/C17H30N2O3/c1-4-22-14-10-13(17(14)8-5-9-17)19-16(21)11-18-15(20)7-6-12(2)3/h12-14H,4-11H2,1-3H3,(H,18,20)(H,19,21)/t13-,14-/m1/s1. The lowest BCUT2D eigenvalue weighted by Gasteiger charge is -2.61. The monoisotopic (exact) mass is 310 g/mol. The van der Waals surface area contributed by atoms with Gasteiger partial charge in [-0.15, -0.1) is 0 Å². The SMILES string of the molecule is CCO[C@@H]1C[C@@H](NC(=O)CNC(=O)CCC(C)C)C12CCC2. The van der Waals surface area contributed by atoms with Crippen molar-refractivity contribution in [2.75, 3.05) is 13.2 Å². The summed E-state index contributed by atoms with van der Waals surface area (Å²) in [6.07, 6.45) is 6.06. The predicted octanol–water partition coefficient (Wildman–Crippen LogP) is 2.00. The van der Waals surface area contributed by atoms with E-state index in [-0.39, 0.29) is 29.8 Å². The zero-order valence-electron chi connectivity index (χ0n) is 14.1. The van der Waals surface area contributed by atoms with E-state index >= 15 is 0 Å². The summed E-state index contributed by atoms with van der Waals surface area (Å²) in [5, 5.41) is 5.79. The zero-order chi connectivity index (χ0) is 16.2. The first-order valence-corrected chi connectivity index (χ1v) is 8.65. The quantitative estimate of drug-likeness (QED) is 0.720. The second-order valence-corrected chi connectivity index (χ2v) is 7.10. The largest absolute Gasteiger partial charge is 0.378 e. The van der Waals surface area contributed by atoms with E-state index in [2.05, 4.69) is 24.5 Å². The van der Waals surface area contributed by atoms with Crippen molar-refractivity contribution in [3.05, 3.63) is 0 Å². The van der Waals surface area contributed by atoms with Crippen molar-refractivity contribution in [1.82, 2.24) is 10.6 Å². The predicted molar refractivity (Wildman–Crippen MR) is 85.3 cm³/mol. The summed E-state index contributed by atoms with van der Waals surface area (Å²) in [5.74, 6) is 0.385. The van der Waals surface area contributed by atoms with Crippen LogP contribution in [0.25, 0.3) is 0 Å². The smallest absolute Gasteiger partial charge is 0.239 e. The van der Waals surface area contributed by atoms with Gasteiger partial charge in [0.25, 0.3) is 0 Å². The molecule has 0 unspecified atom stereocenters. The molecule has 126 valence electrons. The van der Waals surface area contributed by atoms with Gasteiger partial charge in [0, 0.05) is 24.5 Å². The second-order valence-electron chi connectivity index (χ2n) is 7.10. The highest BCUT2D eigenvalue weighted by Crippen LogP contribution is 2.57. The van der Waals surface area contributed by atoms with Crippen LogP contribution < -0.4 is 10.6 Å². The van der Waals surface area contributed by atoms with Gasteiger partial charge in [-0.1, -0.05) is 20.3 Å². The number of rotatable bonds is 8. The molecule has 2 saturated carbocycles. The fourth-order valence-corrected chi connectivity index (χ4v) is 3.57. The summed E-state index contributed by atoms with van der Waals surface area (Å²) in [6.45, 7) is 7.01. The first kappa shape index (κ1) is 17.3. The molecule has 1 spiro atoms. The highest BCUT2D eigenvalue weighted by Gasteiger charge is 2.59. The van der Waals surface area contributed by atoms with Gasteiger partial charge < -0.3 is 15.4 Å². The van der Waals surface area contributed by atoms with Gasteiger partial charge in [0.1, 0.15) is 0 Å². The molecule has 0 saturated heterocycles. The molecule has 2 aliphatic rings. The van der Waals surface area contributed by atoms with Crippen LogP contribution >= 0.6 is 0 Å². The maximum atomic E-state index is 12.0. The average Bonchev–Trinajstić information content (AvgIpc) is 2.39. The molecular formula is C17H30N2O3. The van der Waals surface area contributed by atoms with E-state index in [9.17, 15) is 9.59 Å². The van der Waals surface area contributed by atoms with E-state index in [4.69, 9.17) is 4.74 Å². The van der Waals surface area contributed by atoms with Crippen LogP contribution in [0.1, 0.15) is 59.3 Å². The summed E-state index contributed by atoms with van der Waals surface area (Å²) in [4.78, 5) is 23.7. The lowest BCUT2D eigenvalue weighted by atomic mass is 9.51. The van der Waals surface area contributed by atoms with Gasteiger partial charge in [0.15, 0.2) is 0 Å². The Morgan fingerprint density at radius 1 is 1.27 bits per heavy atom. The van der Waals surface area contributed by atoms with E-state index in [0.717, 1.165) is 32.3 Å². The molecule has 2 amide bonds. The minimum absolute atomic E-state index is 0.0389. The van der Waals surface area contributed by atoms with Gasteiger partial charge in [-0.3, -0.25) is 9.59 Å². The Hall–Kier alpha value is -1.10. The molecule has 0 heterocycles. The van der Waals surface area contributed by atoms with Gasteiger partial charge in [0.05, 0.1) is 12.6 Å². The fraction of sp³-hybridized carbons (Fsp3) is 0.882. The number of amides is 2. The summed E-state index contributed by atoms with van der Waals surface area (Å²) in [7, 11) is 0. The molecule has 22 heavy (non-hydrogen) atoms. The van der Waals surface area contributed by atoms with Crippen molar-refractivity contribution in [2.45, 2.75) is 71.4 Å². The lowest BCUT2D eigenvalue weighted by Crippen LogP contribution is -2.68. The second kappa shape index (κ2) is 7.44. The normalized spacial score (nSPS) is 25.5. The maximum Gasteiger partial charge on any atom is 0.239 e. The van der Waals surface area contributed by atoms with Gasteiger partial charge >= 0.3 is 0 Å². The number of ether oxygens (including phenoxy) is 1. The minimum atomic E-state index is -0.0795. The molecule has 2 atom stereocenters. The molecule has 0 aliphatic heterocycles. The summed E-state index contributed by atoms with van der Waals surface area (Å²) >= 11 is 0. The molecule has 0 radical (unpaired) electrons. The molecule has 5 heteroatoms. The van der Waals surface area contributed by atoms with Crippen LogP contribution in [0, 0.1) is 11.3 Å². The molecule has 0 aromatic rings. The van der Waals surface area contributed by atoms with Crippen LogP contribution in [-0.4, -0.2) is 37.1 Å². The zero-order valence-corrected chi connectivity index (χ0v) is 14.1. The number of nitrogens with one attached hydrogen (secondary N) is 2. The summed E-state index contributed by atoms with van der Waals surface area (Å²) in [5.41, 5.74) is 0.174. The number of hydrogen-bond acceptors (Lipinski definition) is 3. The summed E-state index contributed by atoms with van der Waals surface area (Å²) in [6, 6.07) is 0.220. The van der Waals surface area contributed by atoms with Crippen LogP contribution in [-0.2, 0) is 14.3 Å². The Morgan fingerprint density at radius 2 is 2.00 bits per heavy atom. The third-order valence-corrected chi connectivity index (χ3v) is 5.17. The molecule has 2 N–H and O–H groups in total. The van der Waals surface area contributed by atoms with Crippen LogP contribution in [0.15, 0.2) is 0 Å². The van der Waals surface area contributed by atoms with E-state index in [1.54, 1.807) is 0 Å². The van der Waals surface area contributed by atoms with E-state index < -0.39 is 0 Å². The molecule has 5 nitrogen and oxygen atoms in total. The molecule has 0 bridgehead atoms. The molecular weight excluding hydrogens is 280 g/mol. The minimum Gasteiger partial charge on any atom is -0.378 e. The Morgan fingerprint density at radius 3 is 2.55 bits per heavy atom. The van der Waals surface area contributed by atoms with Crippen molar-refractivity contribution in [3.8, 4) is 0 Å².